The van der Waals surface area contributed by atoms with Gasteiger partial charge in [-0.15, -0.1) is 0 Å². The van der Waals surface area contributed by atoms with E-state index in [2.05, 4.69) is 9.47 Å². The number of aromatic nitrogens is 1. The molecular formula is C9H9FNO4+. The summed E-state index contributed by atoms with van der Waals surface area (Å²) in [5, 5.41) is 0. The third-order valence-corrected chi connectivity index (χ3v) is 1.72. The molecule has 0 saturated heterocycles. The van der Waals surface area contributed by atoms with Gasteiger partial charge in [-0.05, 0) is 6.07 Å². The maximum atomic E-state index is 13.2. The second kappa shape index (κ2) is 4.50. The third kappa shape index (κ3) is 2.28. The number of halogens is 1. The fourth-order valence-corrected chi connectivity index (χ4v) is 0.973. The zero-order valence-corrected chi connectivity index (χ0v) is 8.19. The third-order valence-electron chi connectivity index (χ3n) is 1.72. The lowest BCUT2D eigenvalue weighted by Gasteiger charge is -1.96. The quantitative estimate of drug-likeness (QED) is 0.663. The van der Waals surface area contributed by atoms with E-state index < -0.39 is 11.9 Å². The highest BCUT2D eigenvalue weighted by atomic mass is 19.2. The van der Waals surface area contributed by atoms with Gasteiger partial charge in [0.2, 0.25) is 6.20 Å². The molecule has 0 atom stereocenters. The van der Waals surface area contributed by atoms with Crippen LogP contribution in [0.1, 0.15) is 20.8 Å². The maximum Gasteiger partial charge on any atom is 0.407 e. The Morgan fingerprint density at radius 3 is 2.27 bits per heavy atom. The zero-order chi connectivity index (χ0) is 11.4. The van der Waals surface area contributed by atoms with Crippen molar-refractivity contribution < 1.29 is 28.3 Å². The largest absolute Gasteiger partial charge is 0.465 e. The minimum atomic E-state index is -0.825. The molecule has 1 rings (SSSR count). The van der Waals surface area contributed by atoms with Crippen molar-refractivity contribution >= 4 is 11.9 Å². The molecular weight excluding hydrogens is 205 g/mol. The van der Waals surface area contributed by atoms with E-state index in [4.69, 9.17) is 0 Å². The van der Waals surface area contributed by atoms with Crippen molar-refractivity contribution in [3.8, 4) is 0 Å². The van der Waals surface area contributed by atoms with Crippen LogP contribution >= 0.6 is 0 Å². The highest BCUT2D eigenvalue weighted by Gasteiger charge is 2.23. The second-order valence-electron chi connectivity index (χ2n) is 2.60. The molecule has 5 nitrogen and oxygen atoms in total. The van der Waals surface area contributed by atoms with Crippen LogP contribution in [0.2, 0.25) is 0 Å². The summed E-state index contributed by atoms with van der Waals surface area (Å²) in [6, 6.07) is 2.41. The van der Waals surface area contributed by atoms with Crippen molar-refractivity contribution in [3.05, 3.63) is 29.6 Å². The Balaban J connectivity index is 3.08. The van der Waals surface area contributed by atoms with Gasteiger partial charge >= 0.3 is 17.6 Å². The Morgan fingerprint density at radius 2 is 1.80 bits per heavy atom. The van der Waals surface area contributed by atoms with Gasteiger partial charge in [-0.2, -0.15) is 0 Å². The summed E-state index contributed by atoms with van der Waals surface area (Å²) in [5.41, 5.74) is -0.294. The van der Waals surface area contributed by atoms with Crippen LogP contribution in [0, 0.1) is 0 Å². The van der Waals surface area contributed by atoms with E-state index in [1.807, 2.05) is 0 Å². The standard InChI is InChI=1S/C9H9FNO4/c1-14-8(12)6-3-4-7(9(13)15-2)11(10)5-6/h3-5H,1-2H3/q+1. The Kier molecular flexibility index (Phi) is 3.33. The molecule has 0 aromatic carbocycles. The molecule has 0 unspecified atom stereocenters. The summed E-state index contributed by atoms with van der Waals surface area (Å²) >= 11 is 0. The first kappa shape index (κ1) is 11.1. The molecule has 0 saturated carbocycles. The van der Waals surface area contributed by atoms with Gasteiger partial charge in [0.15, 0.2) is 0 Å². The Morgan fingerprint density at radius 1 is 1.20 bits per heavy atom. The molecule has 0 aliphatic heterocycles. The predicted molar refractivity (Wildman–Crippen MR) is 45.8 cm³/mol. The van der Waals surface area contributed by atoms with Crippen LogP contribution in [0.5, 0.6) is 0 Å². The molecule has 80 valence electrons. The minimum absolute atomic E-state index is 0.00709. The molecule has 0 fully saturated rings. The first-order valence-electron chi connectivity index (χ1n) is 3.98. The number of nitrogens with zero attached hydrogens (tertiary/aromatic N) is 1. The average Bonchev–Trinajstić information content (AvgIpc) is 2.26. The molecule has 0 aliphatic carbocycles. The van der Waals surface area contributed by atoms with Crippen LogP contribution in [-0.2, 0) is 9.47 Å². The number of carbonyl (C=O) groups is 2. The average molecular weight is 214 g/mol. The SMILES string of the molecule is COC(=O)c1ccc(C(=O)OC)[n+](F)c1. The summed E-state index contributed by atoms with van der Waals surface area (Å²) in [6.07, 6.45) is 0.845. The highest BCUT2D eigenvalue weighted by molar-refractivity contribution is 5.90. The molecule has 0 amide bonds. The van der Waals surface area contributed by atoms with Crippen LogP contribution in [0.15, 0.2) is 18.3 Å². The Bertz CT molecular complexity index is 405. The van der Waals surface area contributed by atoms with Gasteiger partial charge in [-0.3, -0.25) is 0 Å². The number of hydrogen-bond acceptors (Lipinski definition) is 4. The number of rotatable bonds is 2. The van der Waals surface area contributed by atoms with Gasteiger partial charge in [0.05, 0.1) is 18.7 Å². The van der Waals surface area contributed by atoms with E-state index in [1.54, 1.807) is 0 Å². The molecule has 0 N–H and O–H groups in total. The first-order valence-corrected chi connectivity index (χ1v) is 3.98. The van der Waals surface area contributed by atoms with Gasteiger partial charge in [0, 0.05) is 10.9 Å². The summed E-state index contributed by atoms with van der Waals surface area (Å²) < 4.78 is 21.9. The smallest absolute Gasteiger partial charge is 0.407 e. The second-order valence-corrected chi connectivity index (χ2v) is 2.60. The summed E-state index contributed by atoms with van der Waals surface area (Å²) in [5.74, 6) is -1.51. The molecule has 0 radical (unpaired) electrons. The van der Waals surface area contributed by atoms with Gasteiger partial charge in [0.1, 0.15) is 5.56 Å². The lowest BCUT2D eigenvalue weighted by molar-refractivity contribution is -0.845. The van der Waals surface area contributed by atoms with E-state index in [0.29, 0.717) is 0 Å². The first-order chi connectivity index (χ1) is 7.10. The van der Waals surface area contributed by atoms with Crippen molar-refractivity contribution in [1.82, 2.24) is 0 Å². The molecule has 0 spiro atoms. The van der Waals surface area contributed by atoms with E-state index in [9.17, 15) is 14.1 Å². The summed E-state index contributed by atoms with van der Waals surface area (Å²) in [4.78, 5) is 22.0. The maximum absolute atomic E-state index is 13.2. The lowest BCUT2D eigenvalue weighted by Crippen LogP contribution is -2.33. The van der Waals surface area contributed by atoms with Crippen molar-refractivity contribution in [2.24, 2.45) is 0 Å². The minimum Gasteiger partial charge on any atom is -0.465 e. The monoisotopic (exact) mass is 214 g/mol. The number of methoxy groups -OCH3 is 2. The predicted octanol–water partition coefficient (Wildman–Crippen LogP) is 0.280. The van der Waals surface area contributed by atoms with Gasteiger partial charge in [-0.1, -0.05) is 0 Å². The van der Waals surface area contributed by atoms with Gasteiger partial charge in [0.25, 0.3) is 0 Å². The van der Waals surface area contributed by atoms with Gasteiger partial charge in [-0.25, -0.2) is 9.59 Å². The van der Waals surface area contributed by atoms with Crippen LogP contribution in [0.3, 0.4) is 0 Å². The molecule has 15 heavy (non-hydrogen) atoms. The lowest BCUT2D eigenvalue weighted by atomic mass is 10.2. The van der Waals surface area contributed by atoms with Crippen molar-refractivity contribution in [2.45, 2.75) is 0 Å². The normalized spacial score (nSPS) is 9.53. The number of pyridine rings is 1. The molecule has 6 heteroatoms. The van der Waals surface area contributed by atoms with Crippen LogP contribution in [0.25, 0.3) is 0 Å². The van der Waals surface area contributed by atoms with Crippen LogP contribution in [0.4, 0.5) is 4.48 Å². The van der Waals surface area contributed by atoms with Crippen molar-refractivity contribution in [3.63, 3.8) is 0 Å². The van der Waals surface area contributed by atoms with E-state index >= 15 is 0 Å². The molecule has 1 aromatic heterocycles. The summed E-state index contributed by atoms with van der Waals surface area (Å²) in [6.45, 7) is 0. The molecule has 0 bridgehead atoms. The zero-order valence-electron chi connectivity index (χ0n) is 8.19. The Hall–Kier alpha value is -1.98. The fraction of sp³-hybridized carbons (Fsp3) is 0.222. The number of esters is 2. The fourth-order valence-electron chi connectivity index (χ4n) is 0.973. The number of ether oxygens (including phenoxy) is 2. The Labute approximate surface area is 85.0 Å². The number of carbonyl (C=O) groups excluding carboxylic acids is 2. The molecule has 1 aromatic rings. The molecule has 1 heterocycles. The number of hydrogen-bond donors (Lipinski definition) is 0. The van der Waals surface area contributed by atoms with E-state index in [-0.39, 0.29) is 16.0 Å². The molecule has 0 aliphatic rings. The highest BCUT2D eigenvalue weighted by Crippen LogP contribution is 2.01. The van der Waals surface area contributed by atoms with Gasteiger partial charge < -0.3 is 9.47 Å². The topological polar surface area (TPSA) is 56.5 Å². The summed E-state index contributed by atoms with van der Waals surface area (Å²) in [7, 11) is 2.32. The van der Waals surface area contributed by atoms with E-state index in [1.165, 1.54) is 13.2 Å². The van der Waals surface area contributed by atoms with Crippen molar-refractivity contribution in [1.29, 1.82) is 0 Å². The van der Waals surface area contributed by atoms with Crippen LogP contribution < -0.4 is 4.79 Å². The van der Waals surface area contributed by atoms with Crippen molar-refractivity contribution in [2.75, 3.05) is 14.2 Å². The van der Waals surface area contributed by atoms with Crippen LogP contribution in [-0.4, -0.2) is 26.2 Å². The van der Waals surface area contributed by atoms with E-state index in [0.717, 1.165) is 19.4 Å².